The zero-order chi connectivity index (χ0) is 23.4. The van der Waals surface area contributed by atoms with Crippen molar-refractivity contribution in [3.8, 4) is 23.4 Å². The molecule has 1 aromatic carbocycles. The van der Waals surface area contributed by atoms with Crippen LogP contribution >= 0.6 is 0 Å². The summed E-state index contributed by atoms with van der Waals surface area (Å²) in [6.45, 7) is 3.04. The smallest absolute Gasteiger partial charge is 0.269 e. The number of nitrogens with zero attached hydrogens (tertiary/aromatic N) is 4. The van der Waals surface area contributed by atoms with Crippen LogP contribution in [-0.4, -0.2) is 40.4 Å². The molecule has 0 aliphatic carbocycles. The molecule has 0 bridgehead atoms. The van der Waals surface area contributed by atoms with Gasteiger partial charge >= 0.3 is 0 Å². The number of likely N-dealkylation sites (tertiary alicyclic amines) is 1. The Balaban J connectivity index is 1.84. The number of hydrogen-bond acceptors (Lipinski definition) is 6. The molecule has 0 spiro atoms. The summed E-state index contributed by atoms with van der Waals surface area (Å²) >= 11 is 0. The molecule has 1 fully saturated rings. The second-order valence-corrected chi connectivity index (χ2v) is 7.82. The van der Waals surface area contributed by atoms with Gasteiger partial charge in [-0.2, -0.15) is 10.2 Å². The van der Waals surface area contributed by atoms with Crippen LogP contribution in [0.3, 0.4) is 0 Å². The number of hydrogen-bond donors (Lipinski definition) is 0. The summed E-state index contributed by atoms with van der Waals surface area (Å²) < 4.78 is 12.5. The molecule has 168 valence electrons. The summed E-state index contributed by atoms with van der Waals surface area (Å²) in [6, 6.07) is 12.4. The van der Waals surface area contributed by atoms with E-state index in [9.17, 15) is 14.9 Å². The second kappa shape index (κ2) is 9.57. The van der Waals surface area contributed by atoms with E-state index in [-0.39, 0.29) is 22.9 Å². The predicted octanol–water partition coefficient (Wildman–Crippen LogP) is 3.72. The Hall–Kier alpha value is -4.12. The highest BCUT2D eigenvalue weighted by atomic mass is 16.5. The highest BCUT2D eigenvalue weighted by molar-refractivity contribution is 6.02. The van der Waals surface area contributed by atoms with Gasteiger partial charge < -0.3 is 14.4 Å². The van der Waals surface area contributed by atoms with E-state index in [0.717, 1.165) is 24.8 Å². The number of aromatic nitrogens is 2. The van der Waals surface area contributed by atoms with Crippen LogP contribution in [0.5, 0.6) is 17.4 Å². The van der Waals surface area contributed by atoms with E-state index >= 15 is 0 Å². The van der Waals surface area contributed by atoms with Gasteiger partial charge in [0.15, 0.2) is 0 Å². The first-order valence-corrected chi connectivity index (χ1v) is 10.8. The number of carbonyl (C=O) groups excluding carboxylic acids is 1. The maximum Gasteiger partial charge on any atom is 0.269 e. The molecule has 0 saturated carbocycles. The zero-order valence-corrected chi connectivity index (χ0v) is 18.6. The molecule has 3 aromatic rings. The lowest BCUT2D eigenvalue weighted by molar-refractivity contribution is -0.127. The van der Waals surface area contributed by atoms with Gasteiger partial charge in [-0.15, -0.1) is 0 Å². The molecule has 0 atom stereocenters. The van der Waals surface area contributed by atoms with Crippen LogP contribution in [0.2, 0.25) is 0 Å². The fraction of sp³-hybridized carbons (Fsp3) is 0.280. The summed E-state index contributed by atoms with van der Waals surface area (Å²) in [7, 11) is 1.57. The van der Waals surface area contributed by atoms with Gasteiger partial charge in [-0.25, -0.2) is 0 Å². The SMILES string of the molecule is COc1ccc(Oc2nc3c(C)cccn3c(=O)c2C=C(C#N)C(=O)N2CCCCC2)cc1. The molecule has 0 unspecified atom stereocenters. The van der Waals surface area contributed by atoms with Crippen molar-refractivity contribution < 1.29 is 14.3 Å². The number of ether oxygens (including phenoxy) is 2. The molecular formula is C25H24N4O4. The van der Waals surface area contributed by atoms with E-state index in [4.69, 9.17) is 9.47 Å². The predicted molar refractivity (Wildman–Crippen MR) is 123 cm³/mol. The summed E-state index contributed by atoms with van der Waals surface area (Å²) in [5.74, 6) is 0.736. The number of fused-ring (bicyclic) bond motifs is 1. The number of carbonyl (C=O) groups is 1. The first kappa shape index (κ1) is 22.1. The van der Waals surface area contributed by atoms with E-state index in [2.05, 4.69) is 4.98 Å². The lowest BCUT2D eigenvalue weighted by Crippen LogP contribution is -2.36. The third kappa shape index (κ3) is 4.58. The van der Waals surface area contributed by atoms with Crippen LogP contribution < -0.4 is 15.0 Å². The van der Waals surface area contributed by atoms with Gasteiger partial charge in [0.2, 0.25) is 5.88 Å². The van der Waals surface area contributed by atoms with E-state index < -0.39 is 5.56 Å². The van der Waals surface area contributed by atoms with Crippen molar-refractivity contribution in [1.29, 1.82) is 5.26 Å². The van der Waals surface area contributed by atoms with Crippen LogP contribution in [0.15, 0.2) is 53.0 Å². The number of amides is 1. The van der Waals surface area contributed by atoms with Crippen LogP contribution in [0, 0.1) is 18.3 Å². The van der Waals surface area contributed by atoms with Crippen molar-refractivity contribution in [2.75, 3.05) is 20.2 Å². The Labute approximate surface area is 191 Å². The Kier molecular flexibility index (Phi) is 6.41. The number of pyridine rings is 1. The molecule has 2 aromatic heterocycles. The van der Waals surface area contributed by atoms with E-state index in [1.165, 1.54) is 10.5 Å². The number of methoxy groups -OCH3 is 1. The lowest BCUT2D eigenvalue weighted by atomic mass is 10.1. The first-order chi connectivity index (χ1) is 16.0. The van der Waals surface area contributed by atoms with Crippen LogP contribution in [0.4, 0.5) is 0 Å². The largest absolute Gasteiger partial charge is 0.497 e. The van der Waals surface area contributed by atoms with Crippen LogP contribution in [0.25, 0.3) is 11.7 Å². The van der Waals surface area contributed by atoms with Gasteiger partial charge in [0.25, 0.3) is 11.5 Å². The van der Waals surface area contributed by atoms with Crippen molar-refractivity contribution in [2.45, 2.75) is 26.2 Å². The number of aryl methyl sites for hydroxylation is 1. The molecule has 8 heteroatoms. The maximum atomic E-state index is 13.4. The highest BCUT2D eigenvalue weighted by Crippen LogP contribution is 2.26. The summed E-state index contributed by atoms with van der Waals surface area (Å²) in [4.78, 5) is 32.6. The molecule has 1 aliphatic heterocycles. The molecule has 1 saturated heterocycles. The first-order valence-electron chi connectivity index (χ1n) is 10.8. The number of piperidine rings is 1. The van der Waals surface area contributed by atoms with Gasteiger partial charge in [-0.3, -0.25) is 14.0 Å². The number of rotatable bonds is 5. The zero-order valence-electron chi connectivity index (χ0n) is 18.6. The highest BCUT2D eigenvalue weighted by Gasteiger charge is 2.23. The van der Waals surface area contributed by atoms with Crippen molar-refractivity contribution in [1.82, 2.24) is 14.3 Å². The lowest BCUT2D eigenvalue weighted by Gasteiger charge is -2.26. The molecule has 1 aliphatic rings. The molecule has 4 rings (SSSR count). The average molecular weight is 444 g/mol. The summed E-state index contributed by atoms with van der Waals surface area (Å²) in [5, 5.41) is 9.73. The van der Waals surface area contributed by atoms with Gasteiger partial charge in [0, 0.05) is 19.3 Å². The third-order valence-electron chi connectivity index (χ3n) is 5.61. The maximum absolute atomic E-state index is 13.4. The topological polar surface area (TPSA) is 96.9 Å². The molecular weight excluding hydrogens is 420 g/mol. The standard InChI is InChI=1S/C25H24N4O4/c1-17-7-6-14-29-22(17)27-23(33-20-10-8-19(32-2)9-11-20)21(25(29)31)15-18(16-26)24(30)28-12-4-3-5-13-28/h6-11,14-15H,3-5,12-13H2,1-2H3. The number of nitriles is 1. The molecule has 0 N–H and O–H groups in total. The summed E-state index contributed by atoms with van der Waals surface area (Å²) in [5.41, 5.74) is 0.712. The molecule has 0 radical (unpaired) electrons. The fourth-order valence-electron chi connectivity index (χ4n) is 3.80. The van der Waals surface area contributed by atoms with Gasteiger partial charge in [-0.05, 0) is 68.2 Å². The molecule has 3 heterocycles. The minimum absolute atomic E-state index is 0.0265. The van der Waals surface area contributed by atoms with E-state index in [0.29, 0.717) is 30.2 Å². The Bertz CT molecular complexity index is 1310. The second-order valence-electron chi connectivity index (χ2n) is 7.82. The quantitative estimate of drug-likeness (QED) is 0.439. The van der Waals surface area contributed by atoms with E-state index in [1.54, 1.807) is 48.5 Å². The Morgan fingerprint density at radius 1 is 1.12 bits per heavy atom. The van der Waals surface area contributed by atoms with E-state index in [1.807, 2.05) is 19.1 Å². The van der Waals surface area contributed by atoms with Crippen molar-refractivity contribution in [2.24, 2.45) is 0 Å². The molecule has 8 nitrogen and oxygen atoms in total. The minimum atomic E-state index is -0.425. The minimum Gasteiger partial charge on any atom is -0.497 e. The molecule has 1 amide bonds. The average Bonchev–Trinajstić information content (AvgIpc) is 2.85. The van der Waals surface area contributed by atoms with Gasteiger partial charge in [0.05, 0.1) is 7.11 Å². The van der Waals surface area contributed by atoms with Crippen LogP contribution in [-0.2, 0) is 4.79 Å². The van der Waals surface area contributed by atoms with Crippen molar-refractivity contribution in [3.63, 3.8) is 0 Å². The number of benzene rings is 1. The Morgan fingerprint density at radius 2 is 1.82 bits per heavy atom. The Morgan fingerprint density at radius 3 is 2.48 bits per heavy atom. The third-order valence-corrected chi connectivity index (χ3v) is 5.61. The summed E-state index contributed by atoms with van der Waals surface area (Å²) in [6.07, 6.45) is 5.75. The van der Waals surface area contributed by atoms with Crippen molar-refractivity contribution in [3.05, 3.63) is 69.6 Å². The fourth-order valence-corrected chi connectivity index (χ4v) is 3.80. The van der Waals surface area contributed by atoms with Crippen LogP contribution in [0.1, 0.15) is 30.4 Å². The molecule has 33 heavy (non-hydrogen) atoms. The van der Waals surface area contributed by atoms with Crippen molar-refractivity contribution >= 4 is 17.6 Å². The monoisotopic (exact) mass is 444 g/mol. The van der Waals surface area contributed by atoms with Gasteiger partial charge in [0.1, 0.15) is 34.4 Å². The van der Waals surface area contributed by atoms with Gasteiger partial charge in [-0.1, -0.05) is 6.07 Å². The normalized spacial score (nSPS) is 14.1.